The Labute approximate surface area is 169 Å². The maximum atomic E-state index is 11.5. The molecule has 1 aromatic carbocycles. The zero-order chi connectivity index (χ0) is 19.8. The first-order chi connectivity index (χ1) is 14.2. The number of nitrogens with one attached hydrogen (secondary N) is 1. The van der Waals surface area contributed by atoms with E-state index in [1.165, 1.54) is 0 Å². The van der Waals surface area contributed by atoms with Gasteiger partial charge in [0.15, 0.2) is 0 Å². The van der Waals surface area contributed by atoms with Crippen molar-refractivity contribution < 1.29 is 9.90 Å². The zero-order valence-electron chi connectivity index (χ0n) is 16.2. The van der Waals surface area contributed by atoms with E-state index in [1.54, 1.807) is 12.4 Å². The van der Waals surface area contributed by atoms with Gasteiger partial charge in [-0.05, 0) is 67.6 Å². The third-order valence-electron chi connectivity index (χ3n) is 6.20. The van der Waals surface area contributed by atoms with Crippen LogP contribution >= 0.6 is 0 Å². The van der Waals surface area contributed by atoms with Crippen molar-refractivity contribution in [2.75, 3.05) is 13.1 Å². The summed E-state index contributed by atoms with van der Waals surface area (Å²) >= 11 is 0. The van der Waals surface area contributed by atoms with Crippen molar-refractivity contribution in [2.45, 2.75) is 37.6 Å². The highest BCUT2D eigenvalue weighted by Crippen LogP contribution is 2.38. The summed E-state index contributed by atoms with van der Waals surface area (Å²) in [4.78, 5) is 15.7. The molecule has 0 bridgehead atoms. The summed E-state index contributed by atoms with van der Waals surface area (Å²) in [7, 11) is 0. The SMILES string of the molecule is O=C(O)C1CCc2cc(-c3cn(C4CCNCC4)nc3-c3ccncc3)ccc21. The van der Waals surface area contributed by atoms with Crippen LogP contribution in [0.25, 0.3) is 22.4 Å². The van der Waals surface area contributed by atoms with Crippen LogP contribution in [0.1, 0.15) is 42.3 Å². The molecule has 1 aliphatic carbocycles. The second-order valence-electron chi connectivity index (χ2n) is 7.93. The Morgan fingerprint density at radius 3 is 2.62 bits per heavy atom. The summed E-state index contributed by atoms with van der Waals surface area (Å²) in [5.41, 5.74) is 6.30. The number of carbonyl (C=O) groups is 1. The van der Waals surface area contributed by atoms with Crippen molar-refractivity contribution in [1.29, 1.82) is 0 Å². The standard InChI is InChI=1S/C23H24N4O2/c28-23(29)20-4-2-16-13-17(1-3-19(16)20)21-14-27(18-7-11-25-12-8-18)26-22(21)15-5-9-24-10-6-15/h1,3,5-6,9-10,13-14,18,20,25H,2,4,7-8,11-12H2,(H,28,29). The number of rotatable bonds is 4. The summed E-state index contributed by atoms with van der Waals surface area (Å²) < 4.78 is 2.12. The fourth-order valence-electron chi connectivity index (χ4n) is 4.63. The van der Waals surface area contributed by atoms with E-state index in [1.807, 2.05) is 18.2 Å². The van der Waals surface area contributed by atoms with Crippen molar-refractivity contribution in [2.24, 2.45) is 0 Å². The van der Waals surface area contributed by atoms with E-state index in [4.69, 9.17) is 5.10 Å². The van der Waals surface area contributed by atoms with E-state index in [2.05, 4.69) is 33.3 Å². The third kappa shape index (κ3) is 3.34. The summed E-state index contributed by atoms with van der Waals surface area (Å²) in [6, 6.07) is 10.6. The molecule has 0 saturated carbocycles. The molecule has 1 aliphatic heterocycles. The Bertz CT molecular complexity index is 1040. The Balaban J connectivity index is 1.59. The highest BCUT2D eigenvalue weighted by atomic mass is 16.4. The quantitative estimate of drug-likeness (QED) is 0.713. The third-order valence-corrected chi connectivity index (χ3v) is 6.20. The van der Waals surface area contributed by atoms with E-state index in [9.17, 15) is 9.90 Å². The molecule has 1 atom stereocenters. The molecule has 2 aromatic heterocycles. The fourth-order valence-corrected chi connectivity index (χ4v) is 4.63. The van der Waals surface area contributed by atoms with Crippen LogP contribution in [0.4, 0.5) is 0 Å². The number of hydrogen-bond acceptors (Lipinski definition) is 4. The van der Waals surface area contributed by atoms with Gasteiger partial charge in [-0.25, -0.2) is 0 Å². The summed E-state index contributed by atoms with van der Waals surface area (Å²) in [5.74, 6) is -1.11. The number of aryl methyl sites for hydroxylation is 1. The van der Waals surface area contributed by atoms with Crippen LogP contribution in [-0.4, -0.2) is 38.9 Å². The van der Waals surface area contributed by atoms with E-state index in [0.717, 1.165) is 65.9 Å². The minimum atomic E-state index is -0.729. The number of pyridine rings is 1. The van der Waals surface area contributed by atoms with Gasteiger partial charge >= 0.3 is 5.97 Å². The number of fused-ring (bicyclic) bond motifs is 1. The summed E-state index contributed by atoms with van der Waals surface area (Å²) in [5, 5.41) is 17.9. The molecular formula is C23H24N4O2. The van der Waals surface area contributed by atoms with Gasteiger partial charge in [-0.3, -0.25) is 14.5 Å². The van der Waals surface area contributed by atoms with Crippen LogP contribution in [0.15, 0.2) is 48.9 Å². The second-order valence-corrected chi connectivity index (χ2v) is 7.93. The van der Waals surface area contributed by atoms with Crippen molar-refractivity contribution in [3.63, 3.8) is 0 Å². The first kappa shape index (κ1) is 18.1. The number of benzene rings is 1. The lowest BCUT2D eigenvalue weighted by atomic mass is 9.96. The normalized spacial score (nSPS) is 19.2. The lowest BCUT2D eigenvalue weighted by Gasteiger charge is -2.22. The maximum Gasteiger partial charge on any atom is 0.310 e. The van der Waals surface area contributed by atoms with Crippen molar-refractivity contribution in [3.05, 3.63) is 60.0 Å². The number of carboxylic acid groups (broad SMARTS) is 1. The molecule has 148 valence electrons. The minimum absolute atomic E-state index is 0.379. The highest BCUT2D eigenvalue weighted by molar-refractivity contribution is 5.82. The number of piperidine rings is 1. The lowest BCUT2D eigenvalue weighted by molar-refractivity contribution is -0.138. The molecule has 0 amide bonds. The topological polar surface area (TPSA) is 80.0 Å². The Hall–Kier alpha value is -2.99. The van der Waals surface area contributed by atoms with Crippen molar-refractivity contribution >= 4 is 5.97 Å². The van der Waals surface area contributed by atoms with Crippen LogP contribution in [0, 0.1) is 0 Å². The largest absolute Gasteiger partial charge is 0.481 e. The average Bonchev–Trinajstić information content (AvgIpc) is 3.39. The number of aromatic nitrogens is 3. The summed E-state index contributed by atoms with van der Waals surface area (Å²) in [6.45, 7) is 2.03. The zero-order valence-corrected chi connectivity index (χ0v) is 16.2. The highest BCUT2D eigenvalue weighted by Gasteiger charge is 2.29. The number of hydrogen-bond donors (Lipinski definition) is 2. The van der Waals surface area contributed by atoms with Crippen LogP contribution < -0.4 is 5.32 Å². The van der Waals surface area contributed by atoms with E-state index in [0.29, 0.717) is 12.5 Å². The van der Waals surface area contributed by atoms with Crippen LogP contribution in [0.3, 0.4) is 0 Å². The average molecular weight is 388 g/mol. The molecule has 1 fully saturated rings. The molecule has 5 rings (SSSR count). The molecule has 2 N–H and O–H groups in total. The Morgan fingerprint density at radius 1 is 1.07 bits per heavy atom. The molecule has 6 nitrogen and oxygen atoms in total. The molecule has 1 unspecified atom stereocenters. The maximum absolute atomic E-state index is 11.5. The van der Waals surface area contributed by atoms with E-state index >= 15 is 0 Å². The first-order valence-electron chi connectivity index (χ1n) is 10.3. The lowest BCUT2D eigenvalue weighted by Crippen LogP contribution is -2.29. The number of aliphatic carboxylic acids is 1. The Morgan fingerprint density at radius 2 is 1.86 bits per heavy atom. The fraction of sp³-hybridized carbons (Fsp3) is 0.348. The van der Waals surface area contributed by atoms with Gasteiger partial charge in [-0.15, -0.1) is 0 Å². The molecular weight excluding hydrogens is 364 g/mol. The van der Waals surface area contributed by atoms with Gasteiger partial charge in [0.2, 0.25) is 0 Å². The molecule has 3 aromatic rings. The summed E-state index contributed by atoms with van der Waals surface area (Å²) in [6.07, 6.45) is 9.39. The molecule has 2 aliphatic rings. The van der Waals surface area contributed by atoms with Gasteiger partial charge in [-0.1, -0.05) is 18.2 Å². The van der Waals surface area contributed by atoms with Gasteiger partial charge < -0.3 is 10.4 Å². The molecule has 3 heterocycles. The van der Waals surface area contributed by atoms with Gasteiger partial charge in [0.25, 0.3) is 0 Å². The van der Waals surface area contributed by atoms with Gasteiger partial charge in [-0.2, -0.15) is 5.10 Å². The minimum Gasteiger partial charge on any atom is -0.481 e. The number of carboxylic acids is 1. The van der Waals surface area contributed by atoms with E-state index in [-0.39, 0.29) is 5.92 Å². The van der Waals surface area contributed by atoms with E-state index < -0.39 is 5.97 Å². The molecule has 0 radical (unpaired) electrons. The number of nitrogens with zero attached hydrogens (tertiary/aromatic N) is 3. The van der Waals surface area contributed by atoms with Crippen LogP contribution in [0.5, 0.6) is 0 Å². The predicted molar refractivity (Wildman–Crippen MR) is 111 cm³/mol. The van der Waals surface area contributed by atoms with Crippen molar-refractivity contribution in [3.8, 4) is 22.4 Å². The molecule has 29 heavy (non-hydrogen) atoms. The first-order valence-corrected chi connectivity index (χ1v) is 10.3. The second kappa shape index (κ2) is 7.44. The van der Waals surface area contributed by atoms with Gasteiger partial charge in [0.1, 0.15) is 5.69 Å². The van der Waals surface area contributed by atoms with Crippen LogP contribution in [-0.2, 0) is 11.2 Å². The van der Waals surface area contributed by atoms with Crippen molar-refractivity contribution in [1.82, 2.24) is 20.1 Å². The molecule has 1 saturated heterocycles. The smallest absolute Gasteiger partial charge is 0.310 e. The predicted octanol–water partition coefficient (Wildman–Crippen LogP) is 3.65. The molecule has 0 spiro atoms. The monoisotopic (exact) mass is 388 g/mol. The Kier molecular flexibility index (Phi) is 4.64. The van der Waals surface area contributed by atoms with Crippen LogP contribution in [0.2, 0.25) is 0 Å². The van der Waals surface area contributed by atoms with Gasteiger partial charge in [0, 0.05) is 29.7 Å². The molecule has 6 heteroatoms. The van der Waals surface area contributed by atoms with Gasteiger partial charge in [0.05, 0.1) is 12.0 Å².